The fourth-order valence-corrected chi connectivity index (χ4v) is 2.93. The van der Waals surface area contributed by atoms with Crippen LogP contribution in [0.1, 0.15) is 11.1 Å². The van der Waals surface area contributed by atoms with E-state index < -0.39 is 0 Å². The summed E-state index contributed by atoms with van der Waals surface area (Å²) < 4.78 is 6.10. The van der Waals surface area contributed by atoms with Crippen molar-refractivity contribution < 1.29 is 14.3 Å². The molecule has 26 heavy (non-hydrogen) atoms. The highest BCUT2D eigenvalue weighted by molar-refractivity contribution is 9.10. The van der Waals surface area contributed by atoms with Crippen LogP contribution in [-0.2, 0) is 9.59 Å². The highest BCUT2D eigenvalue weighted by Crippen LogP contribution is 2.25. The van der Waals surface area contributed by atoms with E-state index in [4.69, 9.17) is 4.74 Å². The van der Waals surface area contributed by atoms with Gasteiger partial charge in [-0.1, -0.05) is 12.1 Å². The minimum Gasteiger partial charge on any atom is -0.495 e. The first kappa shape index (κ1) is 19.8. The van der Waals surface area contributed by atoms with E-state index in [0.29, 0.717) is 11.4 Å². The van der Waals surface area contributed by atoms with Crippen molar-refractivity contribution in [1.29, 1.82) is 0 Å². The quantitative estimate of drug-likeness (QED) is 0.643. The summed E-state index contributed by atoms with van der Waals surface area (Å²) in [4.78, 5) is 24.0. The zero-order valence-corrected chi connectivity index (χ0v) is 16.6. The molecule has 2 aromatic rings. The van der Waals surface area contributed by atoms with Crippen molar-refractivity contribution in [3.8, 4) is 5.75 Å². The van der Waals surface area contributed by atoms with Gasteiger partial charge < -0.3 is 20.7 Å². The first-order valence-corrected chi connectivity index (χ1v) is 8.89. The lowest BCUT2D eigenvalue weighted by Crippen LogP contribution is -2.36. The Morgan fingerprint density at radius 1 is 0.962 bits per heavy atom. The Labute approximate surface area is 161 Å². The topological polar surface area (TPSA) is 79.5 Å². The van der Waals surface area contributed by atoms with Gasteiger partial charge >= 0.3 is 0 Å². The molecular formula is C19H22BrN3O3. The molecule has 0 unspecified atom stereocenters. The van der Waals surface area contributed by atoms with Crippen LogP contribution in [0.25, 0.3) is 0 Å². The van der Waals surface area contributed by atoms with Gasteiger partial charge in [-0.3, -0.25) is 9.59 Å². The Kier molecular flexibility index (Phi) is 7.03. The van der Waals surface area contributed by atoms with Crippen LogP contribution in [0.3, 0.4) is 0 Å². The van der Waals surface area contributed by atoms with Crippen LogP contribution < -0.4 is 20.7 Å². The number of carbonyl (C=O) groups is 2. The molecule has 0 aromatic heterocycles. The first-order chi connectivity index (χ1) is 12.4. The first-order valence-electron chi connectivity index (χ1n) is 8.10. The van der Waals surface area contributed by atoms with E-state index in [0.717, 1.165) is 21.3 Å². The lowest BCUT2D eigenvalue weighted by Gasteiger charge is -2.12. The fraction of sp³-hybridized carbons (Fsp3) is 0.263. The normalized spacial score (nSPS) is 10.2. The lowest BCUT2D eigenvalue weighted by molar-refractivity contribution is -0.122. The molecule has 2 rings (SSSR count). The van der Waals surface area contributed by atoms with Gasteiger partial charge in [-0.05, 0) is 65.2 Å². The van der Waals surface area contributed by atoms with Crippen LogP contribution in [0.5, 0.6) is 5.75 Å². The highest BCUT2D eigenvalue weighted by atomic mass is 79.9. The Bertz CT molecular complexity index is 809. The number of anilines is 2. The number of ether oxygens (including phenoxy) is 1. The largest absolute Gasteiger partial charge is 0.495 e. The number of hydrogen-bond donors (Lipinski definition) is 3. The number of methoxy groups -OCH3 is 1. The summed E-state index contributed by atoms with van der Waals surface area (Å²) in [5, 5.41) is 8.35. The van der Waals surface area contributed by atoms with Crippen LogP contribution >= 0.6 is 15.9 Å². The number of halogens is 1. The van der Waals surface area contributed by atoms with Gasteiger partial charge in [-0.25, -0.2) is 0 Å². The van der Waals surface area contributed by atoms with Crippen LogP contribution in [0.4, 0.5) is 11.4 Å². The average molecular weight is 420 g/mol. The molecule has 7 heteroatoms. The van der Waals surface area contributed by atoms with Crippen molar-refractivity contribution in [1.82, 2.24) is 5.32 Å². The minimum atomic E-state index is -0.321. The maximum Gasteiger partial charge on any atom is 0.243 e. The molecule has 0 aliphatic rings. The van der Waals surface area contributed by atoms with Gasteiger partial charge in [0.05, 0.1) is 25.9 Å². The van der Waals surface area contributed by atoms with Crippen molar-refractivity contribution in [2.75, 3.05) is 30.8 Å². The number of aryl methyl sites for hydroxylation is 2. The maximum atomic E-state index is 12.1. The van der Waals surface area contributed by atoms with Crippen molar-refractivity contribution in [3.05, 3.63) is 52.0 Å². The summed E-state index contributed by atoms with van der Waals surface area (Å²) in [6, 6.07) is 11.3. The van der Waals surface area contributed by atoms with E-state index in [1.54, 1.807) is 6.07 Å². The monoisotopic (exact) mass is 419 g/mol. The molecule has 138 valence electrons. The Hall–Kier alpha value is -2.54. The maximum absolute atomic E-state index is 12.1. The van der Waals surface area contributed by atoms with Crippen molar-refractivity contribution in [2.45, 2.75) is 13.8 Å². The second-order valence-corrected chi connectivity index (χ2v) is 6.72. The number of hydrogen-bond acceptors (Lipinski definition) is 4. The van der Waals surface area contributed by atoms with Gasteiger partial charge in [0, 0.05) is 10.2 Å². The Balaban J connectivity index is 1.81. The van der Waals surface area contributed by atoms with Crippen molar-refractivity contribution in [3.63, 3.8) is 0 Å². The third-order valence-electron chi connectivity index (χ3n) is 3.64. The second kappa shape index (κ2) is 9.24. The van der Waals surface area contributed by atoms with E-state index in [-0.39, 0.29) is 24.9 Å². The number of carbonyl (C=O) groups excluding carboxylic acids is 2. The molecule has 0 bridgehead atoms. The summed E-state index contributed by atoms with van der Waals surface area (Å²) in [5.74, 6) is -0.0243. The number of nitrogens with one attached hydrogen (secondary N) is 3. The fourth-order valence-electron chi connectivity index (χ4n) is 2.29. The number of benzene rings is 2. The predicted molar refractivity (Wildman–Crippen MR) is 107 cm³/mol. The summed E-state index contributed by atoms with van der Waals surface area (Å²) >= 11 is 3.45. The highest BCUT2D eigenvalue weighted by Gasteiger charge is 2.10. The van der Waals surface area contributed by atoms with Gasteiger partial charge in [0.25, 0.3) is 0 Å². The summed E-state index contributed by atoms with van der Waals surface area (Å²) in [6.45, 7) is 3.87. The number of rotatable bonds is 7. The van der Waals surface area contributed by atoms with E-state index >= 15 is 0 Å². The SMILES string of the molecule is COc1ccc(C)cc1NC(=O)CNC(=O)CNc1ccc(C)cc1Br. The molecule has 0 saturated heterocycles. The third kappa shape index (κ3) is 5.77. The van der Waals surface area contributed by atoms with Gasteiger partial charge in [-0.2, -0.15) is 0 Å². The van der Waals surface area contributed by atoms with E-state index in [2.05, 4.69) is 31.9 Å². The smallest absolute Gasteiger partial charge is 0.243 e. The molecule has 0 aliphatic carbocycles. The zero-order valence-electron chi connectivity index (χ0n) is 15.0. The van der Waals surface area contributed by atoms with Crippen LogP contribution in [0.15, 0.2) is 40.9 Å². The van der Waals surface area contributed by atoms with Gasteiger partial charge in [0.15, 0.2) is 0 Å². The molecule has 2 amide bonds. The van der Waals surface area contributed by atoms with Crippen LogP contribution in [0.2, 0.25) is 0 Å². The molecule has 0 saturated carbocycles. The van der Waals surface area contributed by atoms with Crippen LogP contribution in [-0.4, -0.2) is 32.0 Å². The second-order valence-electron chi connectivity index (χ2n) is 5.87. The molecule has 6 nitrogen and oxygen atoms in total. The van der Waals surface area contributed by atoms with E-state index in [1.807, 2.05) is 44.2 Å². The average Bonchev–Trinajstić information content (AvgIpc) is 2.59. The molecule has 0 fully saturated rings. The summed E-state index contributed by atoms with van der Waals surface area (Å²) in [6.07, 6.45) is 0. The standard InChI is InChI=1S/C19H22BrN3O3/c1-12-4-6-15(14(20)8-12)21-10-18(24)22-11-19(25)23-16-9-13(2)5-7-17(16)26-3/h4-9,21H,10-11H2,1-3H3,(H,22,24)(H,23,25). The summed E-state index contributed by atoms with van der Waals surface area (Å²) in [5.41, 5.74) is 3.52. The summed E-state index contributed by atoms with van der Waals surface area (Å²) in [7, 11) is 1.54. The van der Waals surface area contributed by atoms with Gasteiger partial charge in [0.1, 0.15) is 5.75 Å². The number of amides is 2. The molecular weight excluding hydrogens is 398 g/mol. The van der Waals surface area contributed by atoms with E-state index in [9.17, 15) is 9.59 Å². The van der Waals surface area contributed by atoms with E-state index in [1.165, 1.54) is 7.11 Å². The van der Waals surface area contributed by atoms with Crippen molar-refractivity contribution in [2.24, 2.45) is 0 Å². The minimum absolute atomic E-state index is 0.0721. The molecule has 0 aliphatic heterocycles. The molecule has 3 N–H and O–H groups in total. The van der Waals surface area contributed by atoms with Gasteiger partial charge in [-0.15, -0.1) is 0 Å². The lowest BCUT2D eigenvalue weighted by atomic mass is 10.2. The molecule has 0 radical (unpaired) electrons. The van der Waals surface area contributed by atoms with Gasteiger partial charge in [0.2, 0.25) is 11.8 Å². The Morgan fingerprint density at radius 3 is 2.35 bits per heavy atom. The van der Waals surface area contributed by atoms with Crippen LogP contribution in [0, 0.1) is 13.8 Å². The molecule has 2 aromatic carbocycles. The van der Waals surface area contributed by atoms with Crippen molar-refractivity contribution >= 4 is 39.1 Å². The predicted octanol–water partition coefficient (Wildman–Crippen LogP) is 3.24. The zero-order chi connectivity index (χ0) is 19.1. The third-order valence-corrected chi connectivity index (χ3v) is 4.30. The molecule has 0 atom stereocenters. The Morgan fingerprint density at radius 2 is 1.65 bits per heavy atom. The molecule has 0 spiro atoms. The molecule has 0 heterocycles.